The van der Waals surface area contributed by atoms with Crippen LogP contribution in [0.2, 0.25) is 0 Å². The summed E-state index contributed by atoms with van der Waals surface area (Å²) in [4.78, 5) is 16.7. The van der Waals surface area contributed by atoms with Gasteiger partial charge < -0.3 is 21.5 Å². The molecule has 3 aromatic rings. The summed E-state index contributed by atoms with van der Waals surface area (Å²) >= 11 is 1.28. The fourth-order valence-electron chi connectivity index (χ4n) is 2.56. The molecule has 4 N–H and O–H groups in total. The number of rotatable bonds is 3. The maximum Gasteiger partial charge on any atom is 0.300 e. The van der Waals surface area contributed by atoms with Crippen LogP contribution in [0.4, 0.5) is 0 Å². The summed E-state index contributed by atoms with van der Waals surface area (Å²) in [6.07, 6.45) is 0. The molecule has 0 saturated carbocycles. The Hall–Kier alpha value is -1.80. The Kier molecular flexibility index (Phi) is 4.62. The SMILES string of the molecule is CC(=O)c1c(CSC(N)=[NH2+])nc2n(C)c3ccccc3n12.[Br-]. The van der Waals surface area contributed by atoms with Crippen molar-refractivity contribution in [1.82, 2.24) is 14.0 Å². The maximum absolute atomic E-state index is 12.1. The fourth-order valence-corrected chi connectivity index (χ4v) is 3.07. The number of nitrogens with two attached hydrogens (primary N) is 2. The highest BCUT2D eigenvalue weighted by atomic mass is 79.9. The highest BCUT2D eigenvalue weighted by Crippen LogP contribution is 2.25. The number of aryl methyl sites for hydroxylation is 1. The summed E-state index contributed by atoms with van der Waals surface area (Å²) in [6, 6.07) is 7.91. The fraction of sp³-hybridized carbons (Fsp3) is 0.214. The van der Waals surface area contributed by atoms with E-state index >= 15 is 0 Å². The van der Waals surface area contributed by atoms with Crippen molar-refractivity contribution in [3.8, 4) is 0 Å². The molecule has 0 aliphatic rings. The number of nitrogens with zero attached hydrogens (tertiary/aromatic N) is 3. The Labute approximate surface area is 142 Å². The third-order valence-electron chi connectivity index (χ3n) is 3.42. The molecular formula is C14H16BrN5OS. The first-order chi connectivity index (χ1) is 10.0. The molecular weight excluding hydrogens is 366 g/mol. The van der Waals surface area contributed by atoms with Crippen LogP contribution in [0.1, 0.15) is 23.1 Å². The van der Waals surface area contributed by atoms with Crippen LogP contribution in [0.3, 0.4) is 0 Å². The number of para-hydroxylation sites is 2. The van der Waals surface area contributed by atoms with Crippen LogP contribution in [0, 0.1) is 0 Å². The zero-order valence-electron chi connectivity index (χ0n) is 12.2. The molecule has 0 atom stereocenters. The molecule has 0 aliphatic heterocycles. The van der Waals surface area contributed by atoms with E-state index < -0.39 is 0 Å². The third kappa shape index (κ3) is 2.52. The maximum atomic E-state index is 12.1. The number of ketones is 1. The van der Waals surface area contributed by atoms with Gasteiger partial charge in [-0.25, -0.2) is 4.98 Å². The Morgan fingerprint density at radius 1 is 1.36 bits per heavy atom. The van der Waals surface area contributed by atoms with E-state index in [1.165, 1.54) is 11.8 Å². The number of imidazole rings is 2. The van der Waals surface area contributed by atoms with Crippen LogP contribution in [0.15, 0.2) is 24.3 Å². The topological polar surface area (TPSA) is 90.9 Å². The van der Waals surface area contributed by atoms with Gasteiger partial charge in [-0.15, -0.1) is 0 Å². The van der Waals surface area contributed by atoms with Crippen LogP contribution in [-0.4, -0.2) is 24.9 Å². The zero-order valence-corrected chi connectivity index (χ0v) is 14.6. The largest absolute Gasteiger partial charge is 1.00 e. The van der Waals surface area contributed by atoms with Crippen LogP contribution in [0.5, 0.6) is 0 Å². The average molecular weight is 382 g/mol. The Morgan fingerprint density at radius 3 is 2.59 bits per heavy atom. The quantitative estimate of drug-likeness (QED) is 0.294. The van der Waals surface area contributed by atoms with E-state index in [1.807, 2.05) is 40.3 Å². The first-order valence-corrected chi connectivity index (χ1v) is 7.45. The number of carbonyl (C=O) groups excluding carboxylic acids is 1. The van der Waals surface area contributed by atoms with Gasteiger partial charge in [-0.2, -0.15) is 0 Å². The Morgan fingerprint density at radius 2 is 2.00 bits per heavy atom. The number of hydrogen-bond acceptors (Lipinski definition) is 3. The van der Waals surface area contributed by atoms with Crippen LogP contribution < -0.4 is 28.1 Å². The second kappa shape index (κ2) is 6.13. The molecule has 0 spiro atoms. The lowest BCUT2D eigenvalue weighted by atomic mass is 10.2. The van der Waals surface area contributed by atoms with Crippen molar-refractivity contribution in [2.75, 3.05) is 0 Å². The number of Topliss-reactive ketones (excluding diaryl/α,β-unsaturated/α-hetero) is 1. The number of halogens is 1. The van der Waals surface area contributed by atoms with Gasteiger partial charge in [0.2, 0.25) is 5.78 Å². The van der Waals surface area contributed by atoms with Gasteiger partial charge in [-0.1, -0.05) is 12.1 Å². The first-order valence-electron chi connectivity index (χ1n) is 6.47. The summed E-state index contributed by atoms with van der Waals surface area (Å²) < 4.78 is 3.88. The van der Waals surface area contributed by atoms with Gasteiger partial charge in [0.05, 0.1) is 22.5 Å². The van der Waals surface area contributed by atoms with E-state index in [9.17, 15) is 4.79 Å². The minimum atomic E-state index is -0.0231. The van der Waals surface area contributed by atoms with E-state index in [4.69, 9.17) is 11.1 Å². The summed E-state index contributed by atoms with van der Waals surface area (Å²) in [5, 5.41) is 5.76. The highest BCUT2D eigenvalue weighted by molar-refractivity contribution is 8.12. The molecule has 0 unspecified atom stereocenters. The van der Waals surface area contributed by atoms with Crippen molar-refractivity contribution in [2.24, 2.45) is 12.8 Å². The van der Waals surface area contributed by atoms with E-state index in [1.54, 1.807) is 6.92 Å². The van der Waals surface area contributed by atoms with E-state index in [2.05, 4.69) is 4.98 Å². The summed E-state index contributed by atoms with van der Waals surface area (Å²) in [5.74, 6) is 1.20. The molecule has 0 saturated heterocycles. The second-order valence-corrected chi connectivity index (χ2v) is 5.89. The van der Waals surface area contributed by atoms with Crippen LogP contribution in [0.25, 0.3) is 16.8 Å². The third-order valence-corrected chi connectivity index (χ3v) is 4.18. The monoisotopic (exact) mass is 381 g/mol. The smallest absolute Gasteiger partial charge is 0.300 e. The van der Waals surface area contributed by atoms with E-state index in [-0.39, 0.29) is 27.9 Å². The minimum absolute atomic E-state index is 0. The van der Waals surface area contributed by atoms with Gasteiger partial charge >= 0.3 is 0 Å². The molecule has 22 heavy (non-hydrogen) atoms. The van der Waals surface area contributed by atoms with Gasteiger partial charge in [0.25, 0.3) is 5.17 Å². The van der Waals surface area contributed by atoms with Crippen molar-refractivity contribution in [2.45, 2.75) is 12.7 Å². The first kappa shape index (κ1) is 16.6. The van der Waals surface area contributed by atoms with E-state index in [0.717, 1.165) is 16.8 Å². The summed E-state index contributed by atoms with van der Waals surface area (Å²) in [5.41, 5.74) is 8.79. The Bertz CT molecular complexity index is 882. The van der Waals surface area contributed by atoms with Gasteiger partial charge in [0.15, 0.2) is 5.78 Å². The predicted octanol–water partition coefficient (Wildman–Crippen LogP) is -2.66. The van der Waals surface area contributed by atoms with Gasteiger partial charge in [0, 0.05) is 14.0 Å². The lowest BCUT2D eigenvalue weighted by Gasteiger charge is -2.00. The van der Waals surface area contributed by atoms with Gasteiger partial charge in [0.1, 0.15) is 5.69 Å². The lowest BCUT2D eigenvalue weighted by Crippen LogP contribution is -3.00. The van der Waals surface area contributed by atoms with Gasteiger partial charge in [-0.3, -0.25) is 20.3 Å². The number of aromatic nitrogens is 3. The molecule has 1 aromatic carbocycles. The number of thioether (sulfide) groups is 1. The molecule has 8 heteroatoms. The van der Waals surface area contributed by atoms with Crippen LogP contribution in [-0.2, 0) is 12.8 Å². The van der Waals surface area contributed by atoms with Crippen molar-refractivity contribution in [3.63, 3.8) is 0 Å². The standard InChI is InChI=1S/C14H15N5OS.BrH/c1-8(20)12-9(7-21-13(15)16)17-14-18(2)10-5-3-4-6-11(10)19(12)14;/h3-6H,7H2,1-2H3,(H3,15,16);1H. The molecule has 0 fully saturated rings. The molecule has 2 aromatic heterocycles. The minimum Gasteiger partial charge on any atom is -1.00 e. The van der Waals surface area contributed by atoms with E-state index in [0.29, 0.717) is 17.1 Å². The molecule has 2 heterocycles. The number of benzene rings is 1. The molecule has 0 aliphatic carbocycles. The molecule has 0 radical (unpaired) electrons. The van der Waals surface area contributed by atoms with Crippen molar-refractivity contribution < 1.29 is 27.2 Å². The van der Waals surface area contributed by atoms with Crippen LogP contribution >= 0.6 is 11.8 Å². The molecule has 6 nitrogen and oxygen atoms in total. The number of fused-ring (bicyclic) bond motifs is 3. The molecule has 3 rings (SSSR count). The lowest BCUT2D eigenvalue weighted by molar-refractivity contribution is -0.110. The molecule has 116 valence electrons. The molecule has 0 bridgehead atoms. The van der Waals surface area contributed by atoms with Crippen molar-refractivity contribution >= 4 is 39.5 Å². The van der Waals surface area contributed by atoms with Gasteiger partial charge in [-0.05, 0) is 23.9 Å². The highest BCUT2D eigenvalue weighted by Gasteiger charge is 2.21. The summed E-state index contributed by atoms with van der Waals surface area (Å²) in [6.45, 7) is 1.55. The normalized spacial score (nSPS) is 10.8. The average Bonchev–Trinajstić information content (AvgIpc) is 2.94. The summed E-state index contributed by atoms with van der Waals surface area (Å²) in [7, 11) is 1.94. The van der Waals surface area contributed by atoms with Crippen molar-refractivity contribution in [3.05, 3.63) is 35.7 Å². The predicted molar refractivity (Wildman–Crippen MR) is 84.1 cm³/mol. The molecule has 0 amide bonds. The second-order valence-electron chi connectivity index (χ2n) is 4.84. The van der Waals surface area contributed by atoms with Crippen molar-refractivity contribution in [1.29, 1.82) is 0 Å². The zero-order chi connectivity index (χ0) is 15.1. The number of carbonyl (C=O) groups is 1. The number of hydrogen-bond donors (Lipinski definition) is 2. The Balaban J connectivity index is 0.00000176. The number of amidine groups is 1.